The van der Waals surface area contributed by atoms with Crippen molar-refractivity contribution in [1.82, 2.24) is 4.90 Å². The third-order valence-electron chi connectivity index (χ3n) is 3.81. The van der Waals surface area contributed by atoms with Gasteiger partial charge in [0, 0.05) is 19.0 Å². The molecule has 0 bridgehead atoms. The minimum atomic E-state index is -0.764. The van der Waals surface area contributed by atoms with E-state index in [1.165, 1.54) is 0 Å². The predicted octanol–water partition coefficient (Wildman–Crippen LogP) is 1.36. The van der Waals surface area contributed by atoms with Crippen molar-refractivity contribution in [3.8, 4) is 0 Å². The van der Waals surface area contributed by atoms with Gasteiger partial charge in [-0.1, -0.05) is 6.92 Å². The molecule has 1 amide bonds. The number of aliphatic carboxylic acids is 1. The van der Waals surface area contributed by atoms with E-state index in [0.717, 1.165) is 25.8 Å². The fraction of sp³-hybridized carbons (Fsp3) is 0.833. The number of rotatable bonds is 2. The molecule has 1 atom stereocenters. The number of carbonyl (C=O) groups is 2. The molecule has 4 heteroatoms. The van der Waals surface area contributed by atoms with Crippen LogP contribution in [0.2, 0.25) is 0 Å². The summed E-state index contributed by atoms with van der Waals surface area (Å²) in [4.78, 5) is 24.7. The summed E-state index contributed by atoms with van der Waals surface area (Å²) >= 11 is 0. The van der Waals surface area contributed by atoms with Crippen molar-refractivity contribution in [2.75, 3.05) is 13.1 Å². The van der Waals surface area contributed by atoms with Crippen LogP contribution in [0.4, 0.5) is 0 Å². The number of hydrogen-bond acceptors (Lipinski definition) is 2. The molecule has 0 spiro atoms. The summed E-state index contributed by atoms with van der Waals surface area (Å²) in [5.74, 6) is -0.102. The van der Waals surface area contributed by atoms with Crippen LogP contribution in [0, 0.1) is 17.8 Å². The molecule has 0 aromatic heterocycles. The first kappa shape index (κ1) is 11.4. The highest BCUT2D eigenvalue weighted by Gasteiger charge is 2.36. The second-order valence-corrected chi connectivity index (χ2v) is 5.24. The van der Waals surface area contributed by atoms with Crippen molar-refractivity contribution in [2.24, 2.45) is 17.8 Å². The van der Waals surface area contributed by atoms with E-state index in [-0.39, 0.29) is 17.7 Å². The second-order valence-electron chi connectivity index (χ2n) is 5.24. The van der Waals surface area contributed by atoms with E-state index in [0.29, 0.717) is 18.9 Å². The van der Waals surface area contributed by atoms with Gasteiger partial charge in [0.1, 0.15) is 0 Å². The summed E-state index contributed by atoms with van der Waals surface area (Å²) in [5, 5.41) is 8.95. The molecular weight excluding hydrogens is 206 g/mol. The first-order chi connectivity index (χ1) is 7.58. The van der Waals surface area contributed by atoms with E-state index in [1.54, 1.807) is 4.90 Å². The molecule has 4 nitrogen and oxygen atoms in total. The number of carboxylic acid groups (broad SMARTS) is 1. The molecule has 1 aliphatic carbocycles. The van der Waals surface area contributed by atoms with Crippen LogP contribution in [-0.2, 0) is 9.59 Å². The summed E-state index contributed by atoms with van der Waals surface area (Å²) in [7, 11) is 0. The summed E-state index contributed by atoms with van der Waals surface area (Å²) in [6, 6.07) is 0. The number of amides is 1. The van der Waals surface area contributed by atoms with Gasteiger partial charge in [-0.15, -0.1) is 0 Å². The van der Waals surface area contributed by atoms with Crippen LogP contribution >= 0.6 is 0 Å². The molecule has 16 heavy (non-hydrogen) atoms. The first-order valence-electron chi connectivity index (χ1n) is 6.09. The Hall–Kier alpha value is -1.06. The molecule has 1 saturated heterocycles. The Morgan fingerprint density at radius 3 is 2.50 bits per heavy atom. The molecule has 1 aliphatic heterocycles. The first-order valence-corrected chi connectivity index (χ1v) is 6.09. The standard InChI is InChI=1S/C12H19NO3/c1-8-5-10(6-8)11(14)13-4-2-3-9(7-13)12(15)16/h8-10H,2-7H2,1H3,(H,15,16). The fourth-order valence-corrected chi connectivity index (χ4v) is 2.74. The Morgan fingerprint density at radius 1 is 1.25 bits per heavy atom. The Bertz CT molecular complexity index is 297. The van der Waals surface area contributed by atoms with Crippen LogP contribution in [-0.4, -0.2) is 35.0 Å². The number of hydrogen-bond donors (Lipinski definition) is 1. The summed E-state index contributed by atoms with van der Waals surface area (Å²) in [6.07, 6.45) is 3.49. The normalized spacial score (nSPS) is 34.3. The Labute approximate surface area is 95.6 Å². The lowest BCUT2D eigenvalue weighted by molar-refractivity contribution is -0.148. The van der Waals surface area contributed by atoms with Gasteiger partial charge in [-0.2, -0.15) is 0 Å². The van der Waals surface area contributed by atoms with Crippen molar-refractivity contribution in [2.45, 2.75) is 32.6 Å². The summed E-state index contributed by atoms with van der Waals surface area (Å²) < 4.78 is 0. The van der Waals surface area contributed by atoms with E-state index in [1.807, 2.05) is 0 Å². The zero-order valence-corrected chi connectivity index (χ0v) is 9.69. The van der Waals surface area contributed by atoms with E-state index in [4.69, 9.17) is 5.11 Å². The molecule has 1 N–H and O–H groups in total. The van der Waals surface area contributed by atoms with Crippen molar-refractivity contribution in [1.29, 1.82) is 0 Å². The maximum absolute atomic E-state index is 12.0. The van der Waals surface area contributed by atoms with Crippen molar-refractivity contribution in [3.05, 3.63) is 0 Å². The van der Waals surface area contributed by atoms with Crippen LogP contribution in [0.15, 0.2) is 0 Å². The van der Waals surface area contributed by atoms with Crippen LogP contribution < -0.4 is 0 Å². The van der Waals surface area contributed by atoms with Gasteiger partial charge >= 0.3 is 5.97 Å². The van der Waals surface area contributed by atoms with Gasteiger partial charge in [0.25, 0.3) is 0 Å². The predicted molar refractivity (Wildman–Crippen MR) is 58.8 cm³/mol. The topological polar surface area (TPSA) is 57.6 Å². The maximum atomic E-state index is 12.0. The van der Waals surface area contributed by atoms with Gasteiger partial charge in [-0.25, -0.2) is 0 Å². The lowest BCUT2D eigenvalue weighted by atomic mass is 9.75. The van der Waals surface area contributed by atoms with Gasteiger partial charge in [0.2, 0.25) is 5.91 Å². The minimum Gasteiger partial charge on any atom is -0.481 e. The van der Waals surface area contributed by atoms with Gasteiger partial charge in [-0.05, 0) is 31.6 Å². The smallest absolute Gasteiger partial charge is 0.308 e. The SMILES string of the molecule is CC1CC(C(=O)N2CCCC(C(=O)O)C2)C1. The monoisotopic (exact) mass is 225 g/mol. The van der Waals surface area contributed by atoms with Crippen LogP contribution in [0.3, 0.4) is 0 Å². The van der Waals surface area contributed by atoms with E-state index in [9.17, 15) is 9.59 Å². The van der Waals surface area contributed by atoms with E-state index < -0.39 is 5.97 Å². The molecule has 90 valence electrons. The highest BCUT2D eigenvalue weighted by atomic mass is 16.4. The zero-order valence-electron chi connectivity index (χ0n) is 9.69. The third-order valence-corrected chi connectivity index (χ3v) is 3.81. The summed E-state index contributed by atoms with van der Waals surface area (Å²) in [5.41, 5.74) is 0. The highest BCUT2D eigenvalue weighted by molar-refractivity contribution is 5.81. The summed E-state index contributed by atoms with van der Waals surface area (Å²) in [6.45, 7) is 3.31. The average Bonchev–Trinajstić information content (AvgIpc) is 2.24. The number of likely N-dealkylation sites (tertiary alicyclic amines) is 1. The molecule has 2 rings (SSSR count). The van der Waals surface area contributed by atoms with Crippen molar-refractivity contribution < 1.29 is 14.7 Å². The Morgan fingerprint density at radius 2 is 1.94 bits per heavy atom. The molecule has 1 unspecified atom stereocenters. The Kier molecular flexibility index (Phi) is 3.17. The van der Waals surface area contributed by atoms with Gasteiger partial charge in [0.15, 0.2) is 0 Å². The molecule has 2 aliphatic rings. The minimum absolute atomic E-state index is 0.169. The van der Waals surface area contributed by atoms with Gasteiger partial charge in [-0.3, -0.25) is 9.59 Å². The lowest BCUT2D eigenvalue weighted by Gasteiger charge is -2.38. The van der Waals surface area contributed by atoms with Crippen LogP contribution in [0.25, 0.3) is 0 Å². The highest BCUT2D eigenvalue weighted by Crippen LogP contribution is 2.35. The quantitative estimate of drug-likeness (QED) is 0.772. The second kappa shape index (κ2) is 4.44. The molecular formula is C12H19NO3. The molecule has 1 heterocycles. The Balaban J connectivity index is 1.89. The molecule has 2 fully saturated rings. The lowest BCUT2D eigenvalue weighted by Crippen LogP contribution is -2.47. The van der Waals surface area contributed by atoms with Crippen molar-refractivity contribution >= 4 is 11.9 Å². The number of carbonyl (C=O) groups excluding carboxylic acids is 1. The number of piperidine rings is 1. The molecule has 0 radical (unpaired) electrons. The van der Waals surface area contributed by atoms with Gasteiger partial charge in [0.05, 0.1) is 5.92 Å². The van der Waals surface area contributed by atoms with Gasteiger partial charge < -0.3 is 10.0 Å². The largest absolute Gasteiger partial charge is 0.481 e. The number of carboxylic acids is 1. The fourth-order valence-electron chi connectivity index (χ4n) is 2.74. The van der Waals surface area contributed by atoms with E-state index >= 15 is 0 Å². The maximum Gasteiger partial charge on any atom is 0.308 e. The zero-order chi connectivity index (χ0) is 11.7. The van der Waals surface area contributed by atoms with Crippen molar-refractivity contribution in [3.63, 3.8) is 0 Å². The number of nitrogens with zero attached hydrogens (tertiary/aromatic N) is 1. The van der Waals surface area contributed by atoms with E-state index in [2.05, 4.69) is 6.92 Å². The third kappa shape index (κ3) is 2.20. The molecule has 0 aromatic rings. The average molecular weight is 225 g/mol. The molecule has 1 saturated carbocycles. The molecule has 0 aromatic carbocycles. The van der Waals surface area contributed by atoms with Crippen LogP contribution in [0.5, 0.6) is 0 Å². The van der Waals surface area contributed by atoms with Crippen LogP contribution in [0.1, 0.15) is 32.6 Å².